The summed E-state index contributed by atoms with van der Waals surface area (Å²) in [6, 6.07) is 13.5. The number of phosphoric acid groups is 1. The Balaban J connectivity index is 1.49. The van der Waals surface area contributed by atoms with E-state index in [2.05, 4.69) is 20.8 Å². The SMILES string of the molecule is COc1cccc2c1Sc1ccccc1C=C2OP(=O)(O)O[C@@H]1C[C@@H]2CC[C@@]1(C)C2(C)C. The molecule has 0 amide bonds. The monoisotopic (exact) mass is 472 g/mol. The van der Waals surface area contributed by atoms with Crippen molar-refractivity contribution >= 4 is 31.4 Å². The molecule has 32 heavy (non-hydrogen) atoms. The third kappa shape index (κ3) is 3.43. The first-order valence-corrected chi connectivity index (χ1v) is 13.3. The molecule has 3 aliphatic rings. The summed E-state index contributed by atoms with van der Waals surface area (Å²) >= 11 is 1.56. The number of hydrogen-bond donors (Lipinski definition) is 1. The third-order valence-electron chi connectivity index (χ3n) is 8.07. The summed E-state index contributed by atoms with van der Waals surface area (Å²) in [6.07, 6.45) is 4.45. The fraction of sp³-hybridized carbons (Fsp3) is 0.440. The molecule has 0 aromatic heterocycles. The average Bonchev–Trinajstić information content (AvgIpc) is 2.99. The topological polar surface area (TPSA) is 65.0 Å². The normalized spacial score (nSPS) is 29.3. The van der Waals surface area contributed by atoms with Crippen molar-refractivity contribution in [2.75, 3.05) is 7.11 Å². The molecule has 1 N–H and O–H groups in total. The number of rotatable bonds is 5. The fourth-order valence-corrected chi connectivity index (χ4v) is 7.89. The molecule has 0 saturated heterocycles. The molecule has 2 fully saturated rings. The lowest BCUT2D eigenvalue weighted by Gasteiger charge is -2.39. The molecule has 2 aromatic carbocycles. The number of phosphoric ester groups is 1. The van der Waals surface area contributed by atoms with E-state index in [-0.39, 0.29) is 16.9 Å². The largest absolute Gasteiger partial charge is 0.527 e. The summed E-state index contributed by atoms with van der Waals surface area (Å²) in [5.41, 5.74) is 1.57. The number of methoxy groups -OCH3 is 1. The molecule has 170 valence electrons. The van der Waals surface area contributed by atoms with Gasteiger partial charge in [0.05, 0.1) is 18.1 Å². The molecule has 5 nitrogen and oxygen atoms in total. The second kappa shape index (κ2) is 7.66. The van der Waals surface area contributed by atoms with E-state index < -0.39 is 7.82 Å². The van der Waals surface area contributed by atoms with Gasteiger partial charge < -0.3 is 9.26 Å². The molecule has 2 saturated carbocycles. The van der Waals surface area contributed by atoms with Crippen LogP contribution in [-0.4, -0.2) is 18.1 Å². The Bertz CT molecular complexity index is 1140. The molecule has 5 rings (SSSR count). The standard InChI is InChI=1S/C25H29O5PS/c1-24(2)17-12-13-25(24,3)22(15-17)30-31(26,27)29-20-14-16-8-5-6-11-21(16)32-23-18(20)9-7-10-19(23)28-4/h5-11,14,17,22H,12-13,15H2,1-4H3,(H,26,27)/t17-,22+,25+/m0/s1. The van der Waals surface area contributed by atoms with Crippen LogP contribution in [-0.2, 0) is 13.6 Å². The minimum absolute atomic E-state index is 0.0782. The van der Waals surface area contributed by atoms with E-state index in [4.69, 9.17) is 13.8 Å². The van der Waals surface area contributed by atoms with Gasteiger partial charge in [0.1, 0.15) is 11.5 Å². The van der Waals surface area contributed by atoms with Gasteiger partial charge in [-0.15, -0.1) is 0 Å². The van der Waals surface area contributed by atoms with Gasteiger partial charge in [0, 0.05) is 10.5 Å². The summed E-state index contributed by atoms with van der Waals surface area (Å²) in [4.78, 5) is 12.7. The van der Waals surface area contributed by atoms with E-state index >= 15 is 0 Å². The van der Waals surface area contributed by atoms with Crippen molar-refractivity contribution in [1.29, 1.82) is 0 Å². The molecule has 7 heteroatoms. The van der Waals surface area contributed by atoms with Gasteiger partial charge in [-0.2, -0.15) is 0 Å². The van der Waals surface area contributed by atoms with E-state index in [1.165, 1.54) is 0 Å². The molecule has 1 heterocycles. The van der Waals surface area contributed by atoms with E-state index in [9.17, 15) is 9.46 Å². The molecule has 4 atom stereocenters. The zero-order valence-electron chi connectivity index (χ0n) is 18.8. The molecule has 0 radical (unpaired) electrons. The molecule has 1 unspecified atom stereocenters. The van der Waals surface area contributed by atoms with Crippen LogP contribution >= 0.6 is 19.6 Å². The van der Waals surface area contributed by atoms with Crippen LogP contribution in [0.1, 0.15) is 51.2 Å². The lowest BCUT2D eigenvalue weighted by atomic mass is 9.70. The van der Waals surface area contributed by atoms with Crippen molar-refractivity contribution in [1.82, 2.24) is 0 Å². The van der Waals surface area contributed by atoms with Gasteiger partial charge in [-0.05, 0) is 65.8 Å². The smallest absolute Gasteiger partial charge is 0.496 e. The summed E-state index contributed by atoms with van der Waals surface area (Å²) in [5, 5.41) is 0. The zero-order valence-corrected chi connectivity index (χ0v) is 20.5. The van der Waals surface area contributed by atoms with Crippen molar-refractivity contribution < 1.29 is 23.2 Å². The highest BCUT2D eigenvalue weighted by atomic mass is 32.2. The van der Waals surface area contributed by atoms with Gasteiger partial charge in [-0.3, -0.25) is 9.42 Å². The van der Waals surface area contributed by atoms with Crippen molar-refractivity contribution in [2.45, 2.75) is 55.9 Å². The Labute approximate surface area is 193 Å². The Morgan fingerprint density at radius 1 is 1.12 bits per heavy atom. The molecule has 0 spiro atoms. The van der Waals surface area contributed by atoms with Crippen LogP contribution in [0.4, 0.5) is 0 Å². The maximum absolute atomic E-state index is 13.3. The molecule has 2 aliphatic carbocycles. The second-order valence-corrected chi connectivity index (χ2v) is 12.1. The van der Waals surface area contributed by atoms with Gasteiger partial charge >= 0.3 is 7.82 Å². The van der Waals surface area contributed by atoms with Crippen molar-refractivity contribution in [3.63, 3.8) is 0 Å². The van der Waals surface area contributed by atoms with Gasteiger partial charge in [0.25, 0.3) is 0 Å². The lowest BCUT2D eigenvalue weighted by molar-refractivity contribution is 0.0107. The maximum atomic E-state index is 13.3. The fourth-order valence-electron chi connectivity index (χ4n) is 5.67. The maximum Gasteiger partial charge on any atom is 0.527 e. The molecular weight excluding hydrogens is 443 g/mol. The van der Waals surface area contributed by atoms with Crippen molar-refractivity contribution in [3.8, 4) is 5.75 Å². The van der Waals surface area contributed by atoms with Crippen LogP contribution in [0.2, 0.25) is 0 Å². The Kier molecular flexibility index (Phi) is 5.29. The molecule has 2 aromatic rings. The Hall–Kier alpha value is -1.72. The van der Waals surface area contributed by atoms with Crippen molar-refractivity contribution in [2.24, 2.45) is 16.7 Å². The predicted molar refractivity (Wildman–Crippen MR) is 126 cm³/mol. The van der Waals surface area contributed by atoms with Gasteiger partial charge in [-0.25, -0.2) is 4.57 Å². The lowest BCUT2D eigenvalue weighted by Crippen LogP contribution is -2.36. The number of hydrogen-bond acceptors (Lipinski definition) is 5. The summed E-state index contributed by atoms with van der Waals surface area (Å²) < 4.78 is 30.6. The highest BCUT2D eigenvalue weighted by Gasteiger charge is 2.63. The zero-order chi connectivity index (χ0) is 22.7. The third-order valence-corrected chi connectivity index (χ3v) is 10.2. The van der Waals surface area contributed by atoms with E-state index in [0.29, 0.717) is 23.0 Å². The Morgan fingerprint density at radius 3 is 2.59 bits per heavy atom. The van der Waals surface area contributed by atoms with E-state index in [1.807, 2.05) is 48.5 Å². The molecule has 2 bridgehead atoms. The number of fused-ring (bicyclic) bond motifs is 4. The molecular formula is C25H29O5PS. The van der Waals surface area contributed by atoms with Crippen molar-refractivity contribution in [3.05, 3.63) is 53.6 Å². The number of ether oxygens (including phenoxy) is 1. The number of benzene rings is 2. The van der Waals surface area contributed by atoms with Crippen LogP contribution in [0, 0.1) is 16.7 Å². The first kappa shape index (κ1) is 22.1. The van der Waals surface area contributed by atoms with Crippen LogP contribution < -0.4 is 4.74 Å². The van der Waals surface area contributed by atoms with Crippen LogP contribution in [0.25, 0.3) is 11.8 Å². The van der Waals surface area contributed by atoms with Crippen LogP contribution in [0.5, 0.6) is 5.75 Å². The first-order chi connectivity index (χ1) is 15.1. The summed E-state index contributed by atoms with van der Waals surface area (Å²) in [6.45, 7) is 6.69. The predicted octanol–water partition coefficient (Wildman–Crippen LogP) is 7.01. The van der Waals surface area contributed by atoms with Gasteiger partial charge in [0.15, 0.2) is 0 Å². The first-order valence-electron chi connectivity index (χ1n) is 11.0. The quantitative estimate of drug-likeness (QED) is 0.473. The van der Waals surface area contributed by atoms with E-state index in [1.54, 1.807) is 18.9 Å². The Morgan fingerprint density at radius 2 is 1.91 bits per heavy atom. The highest BCUT2D eigenvalue weighted by molar-refractivity contribution is 7.99. The molecule has 1 aliphatic heterocycles. The van der Waals surface area contributed by atoms with Crippen LogP contribution in [0.3, 0.4) is 0 Å². The second-order valence-electron chi connectivity index (χ2n) is 9.75. The van der Waals surface area contributed by atoms with Gasteiger partial charge in [-0.1, -0.05) is 56.8 Å². The van der Waals surface area contributed by atoms with E-state index in [0.717, 1.165) is 34.6 Å². The summed E-state index contributed by atoms with van der Waals surface area (Å²) in [7, 11) is -2.75. The highest BCUT2D eigenvalue weighted by Crippen LogP contribution is 2.69. The summed E-state index contributed by atoms with van der Waals surface area (Å²) in [5.74, 6) is 1.51. The average molecular weight is 473 g/mol. The van der Waals surface area contributed by atoms with Crippen LogP contribution in [0.15, 0.2) is 52.3 Å². The minimum atomic E-state index is -4.37. The minimum Gasteiger partial charge on any atom is -0.496 e. The van der Waals surface area contributed by atoms with Gasteiger partial charge in [0.2, 0.25) is 0 Å².